The van der Waals surface area contributed by atoms with Crippen molar-refractivity contribution >= 4 is 65.6 Å². The maximum atomic E-state index is 6.31. The van der Waals surface area contributed by atoms with E-state index >= 15 is 0 Å². The van der Waals surface area contributed by atoms with Gasteiger partial charge in [-0.05, 0) is 48.5 Å². The molecule has 0 fully saturated rings. The van der Waals surface area contributed by atoms with Crippen LogP contribution in [0.2, 0.25) is 0 Å². The third-order valence-corrected chi connectivity index (χ3v) is 9.97. The molecule has 4 heterocycles. The molecule has 6 heteroatoms. The van der Waals surface area contributed by atoms with Crippen molar-refractivity contribution in [1.82, 2.24) is 24.1 Å². The molecule has 0 saturated heterocycles. The van der Waals surface area contributed by atoms with Crippen LogP contribution in [0, 0.1) is 0 Å². The topological polar surface area (TPSA) is 61.7 Å². The van der Waals surface area contributed by atoms with E-state index in [0.29, 0.717) is 17.6 Å². The molecule has 11 aromatic rings. The third-order valence-electron chi connectivity index (χ3n) is 9.97. The molecule has 51 heavy (non-hydrogen) atoms. The van der Waals surface area contributed by atoms with Gasteiger partial charge in [0.1, 0.15) is 11.2 Å². The molecule has 0 aliphatic heterocycles. The van der Waals surface area contributed by atoms with Crippen LogP contribution in [0.25, 0.3) is 100.0 Å². The lowest BCUT2D eigenvalue weighted by molar-refractivity contribution is 0.669. The fourth-order valence-corrected chi connectivity index (χ4v) is 7.70. The van der Waals surface area contributed by atoms with Gasteiger partial charge >= 0.3 is 0 Å². The Morgan fingerprint density at radius 1 is 0.353 bits per heavy atom. The van der Waals surface area contributed by atoms with Crippen molar-refractivity contribution in [2.24, 2.45) is 0 Å². The van der Waals surface area contributed by atoms with E-state index < -0.39 is 0 Å². The summed E-state index contributed by atoms with van der Waals surface area (Å²) in [6.07, 6.45) is 0. The summed E-state index contributed by atoms with van der Waals surface area (Å²) >= 11 is 0. The highest BCUT2D eigenvalue weighted by atomic mass is 16.3. The summed E-state index contributed by atoms with van der Waals surface area (Å²) < 4.78 is 10.8. The van der Waals surface area contributed by atoms with Crippen LogP contribution in [0.5, 0.6) is 0 Å². The third kappa shape index (κ3) is 4.20. The van der Waals surface area contributed by atoms with Gasteiger partial charge in [-0.3, -0.25) is 4.57 Å². The fourth-order valence-electron chi connectivity index (χ4n) is 7.70. The summed E-state index contributed by atoms with van der Waals surface area (Å²) in [6.45, 7) is 0. The van der Waals surface area contributed by atoms with Gasteiger partial charge < -0.3 is 8.98 Å². The van der Waals surface area contributed by atoms with Crippen molar-refractivity contribution in [1.29, 1.82) is 0 Å². The number of rotatable bonds is 4. The first-order valence-electron chi connectivity index (χ1n) is 17.0. The second kappa shape index (κ2) is 10.7. The molecular formula is C45H27N5O. The van der Waals surface area contributed by atoms with E-state index in [4.69, 9.17) is 19.4 Å². The summed E-state index contributed by atoms with van der Waals surface area (Å²) in [5.41, 5.74) is 8.95. The van der Waals surface area contributed by atoms with Crippen LogP contribution in [0.3, 0.4) is 0 Å². The monoisotopic (exact) mass is 653 g/mol. The number of hydrogen-bond acceptors (Lipinski definition) is 4. The Hall–Kier alpha value is -7.05. The molecule has 0 aliphatic rings. The van der Waals surface area contributed by atoms with E-state index in [1.807, 2.05) is 42.5 Å². The van der Waals surface area contributed by atoms with E-state index in [9.17, 15) is 0 Å². The van der Waals surface area contributed by atoms with Gasteiger partial charge in [-0.15, -0.1) is 0 Å². The summed E-state index contributed by atoms with van der Waals surface area (Å²) in [5.74, 6) is 1.80. The van der Waals surface area contributed by atoms with Crippen molar-refractivity contribution in [3.8, 4) is 34.4 Å². The fraction of sp³-hybridized carbons (Fsp3) is 0. The summed E-state index contributed by atoms with van der Waals surface area (Å²) in [5, 5.41) is 6.83. The van der Waals surface area contributed by atoms with Gasteiger partial charge in [0.15, 0.2) is 11.6 Å². The summed E-state index contributed by atoms with van der Waals surface area (Å²) in [4.78, 5) is 15.4. The Labute approximate surface area is 291 Å². The van der Waals surface area contributed by atoms with Gasteiger partial charge in [0.2, 0.25) is 5.95 Å². The quantitative estimate of drug-likeness (QED) is 0.190. The molecule has 0 radical (unpaired) electrons. The van der Waals surface area contributed by atoms with Crippen LogP contribution < -0.4 is 0 Å². The first kappa shape index (κ1) is 27.9. The van der Waals surface area contributed by atoms with Crippen LogP contribution >= 0.6 is 0 Å². The van der Waals surface area contributed by atoms with Crippen molar-refractivity contribution in [2.45, 2.75) is 0 Å². The normalized spacial score (nSPS) is 11.9. The minimum Gasteiger partial charge on any atom is -0.456 e. The van der Waals surface area contributed by atoms with Gasteiger partial charge in [0.25, 0.3) is 0 Å². The van der Waals surface area contributed by atoms with Crippen LogP contribution in [-0.4, -0.2) is 24.1 Å². The van der Waals surface area contributed by atoms with Crippen LogP contribution in [0.4, 0.5) is 0 Å². The number of para-hydroxylation sites is 4. The van der Waals surface area contributed by atoms with Gasteiger partial charge in [-0.2, -0.15) is 9.97 Å². The number of nitrogens with zero attached hydrogens (tertiary/aromatic N) is 5. The van der Waals surface area contributed by atoms with E-state index in [1.54, 1.807) is 0 Å². The second-order valence-corrected chi connectivity index (χ2v) is 12.9. The smallest absolute Gasteiger partial charge is 0.238 e. The van der Waals surface area contributed by atoms with Crippen LogP contribution in [-0.2, 0) is 0 Å². The van der Waals surface area contributed by atoms with Gasteiger partial charge in [0.05, 0.1) is 22.1 Å². The summed E-state index contributed by atoms with van der Waals surface area (Å²) in [7, 11) is 0. The molecule has 238 valence electrons. The van der Waals surface area contributed by atoms with Crippen LogP contribution in [0.1, 0.15) is 0 Å². The Kier molecular flexibility index (Phi) is 5.86. The number of benzene rings is 7. The molecule has 6 nitrogen and oxygen atoms in total. The molecular weight excluding hydrogens is 627 g/mol. The highest BCUT2D eigenvalue weighted by Gasteiger charge is 2.20. The predicted molar refractivity (Wildman–Crippen MR) is 207 cm³/mol. The van der Waals surface area contributed by atoms with Gasteiger partial charge in [0, 0.05) is 49.1 Å². The van der Waals surface area contributed by atoms with Crippen molar-refractivity contribution in [3.05, 3.63) is 164 Å². The van der Waals surface area contributed by atoms with Crippen molar-refractivity contribution in [2.75, 3.05) is 0 Å². The molecule has 0 unspecified atom stereocenters. The number of fused-ring (bicyclic) bond motifs is 9. The maximum Gasteiger partial charge on any atom is 0.238 e. The van der Waals surface area contributed by atoms with E-state index in [0.717, 1.165) is 77.0 Å². The predicted octanol–water partition coefficient (Wildman–Crippen LogP) is 11.3. The second-order valence-electron chi connectivity index (χ2n) is 12.9. The minimum atomic E-state index is 0.577. The largest absolute Gasteiger partial charge is 0.456 e. The molecule has 0 aliphatic carbocycles. The number of furan rings is 1. The lowest BCUT2D eigenvalue weighted by Crippen LogP contribution is -2.06. The van der Waals surface area contributed by atoms with Gasteiger partial charge in [-0.1, -0.05) is 115 Å². The minimum absolute atomic E-state index is 0.577. The molecule has 0 N–H and O–H groups in total. The average Bonchev–Trinajstić information content (AvgIpc) is 3.84. The Morgan fingerprint density at radius 3 is 1.65 bits per heavy atom. The zero-order valence-corrected chi connectivity index (χ0v) is 27.2. The first-order chi connectivity index (χ1) is 25.3. The van der Waals surface area contributed by atoms with Crippen LogP contribution in [0.15, 0.2) is 168 Å². The molecule has 7 aromatic carbocycles. The standard InChI is InChI=1S/C45H27N5O/c1-2-13-28(14-3-1)43-46-44(48-45(47-43)50-38-22-9-4-17-31(38)32-18-5-10-23-39(32)50)29-15-12-16-30(25-29)49-37-21-8-6-19-33(37)35-27-42-36(26-40(35)49)34-20-7-11-24-41(34)51-42/h1-27H. The highest BCUT2D eigenvalue weighted by molar-refractivity contribution is 6.17. The molecule has 0 amide bonds. The molecule has 0 bridgehead atoms. The average molecular weight is 654 g/mol. The summed E-state index contributed by atoms with van der Waals surface area (Å²) in [6, 6.07) is 56.7. The van der Waals surface area contributed by atoms with E-state index in [1.165, 1.54) is 5.39 Å². The van der Waals surface area contributed by atoms with E-state index in [-0.39, 0.29) is 0 Å². The zero-order valence-electron chi connectivity index (χ0n) is 27.2. The number of hydrogen-bond donors (Lipinski definition) is 0. The zero-order chi connectivity index (χ0) is 33.5. The number of aromatic nitrogens is 5. The first-order valence-corrected chi connectivity index (χ1v) is 17.0. The molecule has 0 atom stereocenters. The molecule has 4 aromatic heterocycles. The highest BCUT2D eigenvalue weighted by Crippen LogP contribution is 2.39. The Balaban J connectivity index is 1.16. The lowest BCUT2D eigenvalue weighted by Gasteiger charge is -2.12. The Bertz CT molecular complexity index is 3100. The van der Waals surface area contributed by atoms with Crippen molar-refractivity contribution in [3.63, 3.8) is 0 Å². The van der Waals surface area contributed by atoms with Crippen molar-refractivity contribution < 1.29 is 4.42 Å². The van der Waals surface area contributed by atoms with Gasteiger partial charge in [-0.25, -0.2) is 4.98 Å². The Morgan fingerprint density at radius 2 is 0.922 bits per heavy atom. The molecule has 0 spiro atoms. The molecule has 0 saturated carbocycles. The van der Waals surface area contributed by atoms with E-state index in [2.05, 4.69) is 130 Å². The molecule has 11 rings (SSSR count). The SMILES string of the molecule is c1ccc(-c2nc(-c3cccc(-n4c5ccccc5c5cc6oc7ccccc7c6cc54)c3)nc(-n3c4ccccc4c4ccccc43)n2)cc1. The lowest BCUT2D eigenvalue weighted by atomic mass is 10.1. The maximum absolute atomic E-state index is 6.31.